The molecule has 0 aromatic heterocycles. The maximum atomic E-state index is 12.6. The van der Waals surface area contributed by atoms with Gasteiger partial charge in [-0.3, -0.25) is 4.79 Å². The van der Waals surface area contributed by atoms with E-state index in [2.05, 4.69) is 6.08 Å². The van der Waals surface area contributed by atoms with Crippen molar-refractivity contribution in [1.29, 1.82) is 0 Å². The number of cyclic esters (lactones) is 1. The molecular weight excluding hydrogens is 320 g/mol. The van der Waals surface area contributed by atoms with Crippen molar-refractivity contribution in [3.05, 3.63) is 47.1 Å². The number of esters is 1. The minimum absolute atomic E-state index is 0.0381. The first-order valence-electron chi connectivity index (χ1n) is 8.50. The van der Waals surface area contributed by atoms with Gasteiger partial charge in [0.1, 0.15) is 17.1 Å². The Morgan fingerprint density at radius 3 is 2.64 bits per heavy atom. The molecule has 1 aromatic carbocycles. The molecule has 1 aliphatic carbocycles. The van der Waals surface area contributed by atoms with Gasteiger partial charge in [0.25, 0.3) is 0 Å². The van der Waals surface area contributed by atoms with Crippen LogP contribution in [0.1, 0.15) is 41.3 Å². The lowest BCUT2D eigenvalue weighted by molar-refractivity contribution is -0.114. The number of benzene rings is 1. The molecule has 1 saturated carbocycles. The van der Waals surface area contributed by atoms with Crippen LogP contribution in [0.3, 0.4) is 0 Å². The van der Waals surface area contributed by atoms with Crippen LogP contribution in [0.2, 0.25) is 0 Å². The molecule has 1 aliphatic heterocycles. The highest BCUT2D eigenvalue weighted by atomic mass is 16.5. The van der Waals surface area contributed by atoms with Crippen molar-refractivity contribution in [3.8, 4) is 11.5 Å². The van der Waals surface area contributed by atoms with Gasteiger partial charge in [-0.15, -0.1) is 0 Å². The molecule has 3 rings (SSSR count). The maximum absolute atomic E-state index is 12.6. The van der Waals surface area contributed by atoms with E-state index in [0.29, 0.717) is 23.0 Å². The summed E-state index contributed by atoms with van der Waals surface area (Å²) < 4.78 is 5.50. The first-order chi connectivity index (χ1) is 11.9. The highest BCUT2D eigenvalue weighted by Gasteiger charge is 2.36. The summed E-state index contributed by atoms with van der Waals surface area (Å²) >= 11 is 0. The third-order valence-electron chi connectivity index (χ3n) is 4.90. The van der Waals surface area contributed by atoms with Gasteiger partial charge < -0.3 is 14.9 Å². The fourth-order valence-corrected chi connectivity index (χ4v) is 3.35. The number of phenolic OH excluding ortho intramolecular Hbond substituents is 2. The van der Waals surface area contributed by atoms with Gasteiger partial charge in [0.05, 0.1) is 6.10 Å². The fourth-order valence-electron chi connectivity index (χ4n) is 3.35. The molecule has 2 aliphatic rings. The Bertz CT molecular complexity index is 775. The van der Waals surface area contributed by atoms with Crippen molar-refractivity contribution < 1.29 is 24.5 Å². The van der Waals surface area contributed by atoms with Crippen LogP contribution in [0.15, 0.2) is 30.4 Å². The Labute approximate surface area is 146 Å². The Kier molecular flexibility index (Phi) is 4.66. The second-order valence-electron chi connectivity index (χ2n) is 6.89. The number of carbonyl (C=O) groups is 2. The van der Waals surface area contributed by atoms with Gasteiger partial charge in [-0.1, -0.05) is 18.2 Å². The van der Waals surface area contributed by atoms with Gasteiger partial charge in [-0.25, -0.2) is 4.79 Å². The van der Waals surface area contributed by atoms with Crippen LogP contribution in [-0.4, -0.2) is 28.1 Å². The zero-order valence-corrected chi connectivity index (χ0v) is 14.4. The quantitative estimate of drug-likeness (QED) is 0.707. The molecule has 0 spiro atoms. The van der Waals surface area contributed by atoms with E-state index in [0.717, 1.165) is 18.9 Å². The molecule has 1 heterocycles. The lowest BCUT2D eigenvalue weighted by atomic mass is 9.95. The van der Waals surface area contributed by atoms with E-state index in [1.165, 1.54) is 6.08 Å². The Morgan fingerprint density at radius 2 is 1.88 bits per heavy atom. The molecule has 2 N–H and O–H groups in total. The summed E-state index contributed by atoms with van der Waals surface area (Å²) in [6.07, 6.45) is 8.52. The van der Waals surface area contributed by atoms with Crippen LogP contribution >= 0.6 is 0 Å². The first kappa shape index (κ1) is 17.3. The van der Waals surface area contributed by atoms with Crippen molar-refractivity contribution >= 4 is 11.8 Å². The van der Waals surface area contributed by atoms with Crippen molar-refractivity contribution in [2.24, 2.45) is 11.8 Å². The normalized spacial score (nSPS) is 29.0. The summed E-state index contributed by atoms with van der Waals surface area (Å²) in [5.41, 5.74) is 0.655. The molecule has 0 radical (unpaired) electrons. The SMILES string of the molecule is Cc1c(O)cc(O)c2c1CC(=O)/C=C/C=C\[C@H]1C[C@@H]1C[C@@H](C)OC2=O. The molecular formula is C20H22O5. The second-order valence-corrected chi connectivity index (χ2v) is 6.89. The lowest BCUT2D eigenvalue weighted by Gasteiger charge is -2.17. The van der Waals surface area contributed by atoms with E-state index >= 15 is 0 Å². The Balaban J connectivity index is 2.01. The number of aromatic hydroxyl groups is 2. The molecule has 0 bridgehead atoms. The third-order valence-corrected chi connectivity index (χ3v) is 4.90. The van der Waals surface area contributed by atoms with Crippen molar-refractivity contribution in [2.45, 2.75) is 39.2 Å². The van der Waals surface area contributed by atoms with Crippen molar-refractivity contribution in [3.63, 3.8) is 0 Å². The maximum Gasteiger partial charge on any atom is 0.342 e. The summed E-state index contributed by atoms with van der Waals surface area (Å²) in [6.45, 7) is 3.44. The van der Waals surface area contributed by atoms with Crippen molar-refractivity contribution in [1.82, 2.24) is 0 Å². The predicted molar refractivity (Wildman–Crippen MR) is 92.6 cm³/mol. The highest BCUT2D eigenvalue weighted by Crippen LogP contribution is 2.43. The first-order valence-corrected chi connectivity index (χ1v) is 8.50. The summed E-state index contributed by atoms with van der Waals surface area (Å²) in [5.74, 6) is -0.475. The molecule has 132 valence electrons. The van der Waals surface area contributed by atoms with Gasteiger partial charge in [-0.2, -0.15) is 0 Å². The average molecular weight is 342 g/mol. The molecule has 0 amide bonds. The summed E-state index contributed by atoms with van der Waals surface area (Å²) in [6, 6.07) is 1.11. The molecule has 3 atom stereocenters. The summed E-state index contributed by atoms with van der Waals surface area (Å²) in [7, 11) is 0. The standard InChI is InChI=1S/C20H22O5/c1-11-7-14-8-13(14)5-3-4-6-15(21)9-16-12(2)17(22)10-18(23)19(16)20(24)25-11/h3-6,10-11,13-14,22-23H,7-9H2,1-2H3/b5-3-,6-4+/t11-,13+,14+/m1/s1. The number of hydrogen-bond donors (Lipinski definition) is 2. The zero-order valence-electron chi connectivity index (χ0n) is 14.4. The van der Waals surface area contributed by atoms with Gasteiger partial charge in [0, 0.05) is 12.5 Å². The van der Waals surface area contributed by atoms with Crippen LogP contribution in [-0.2, 0) is 16.0 Å². The highest BCUT2D eigenvalue weighted by molar-refractivity contribution is 5.99. The van der Waals surface area contributed by atoms with E-state index < -0.39 is 5.97 Å². The van der Waals surface area contributed by atoms with Crippen molar-refractivity contribution in [2.75, 3.05) is 0 Å². The van der Waals surface area contributed by atoms with E-state index in [1.54, 1.807) is 13.0 Å². The van der Waals surface area contributed by atoms with E-state index in [9.17, 15) is 19.8 Å². The molecule has 5 nitrogen and oxygen atoms in total. The molecule has 0 unspecified atom stereocenters. The number of ether oxygens (including phenoxy) is 1. The van der Waals surface area contributed by atoms with Gasteiger partial charge >= 0.3 is 5.97 Å². The van der Waals surface area contributed by atoms with E-state index in [-0.39, 0.29) is 35.4 Å². The van der Waals surface area contributed by atoms with E-state index in [1.807, 2.05) is 13.0 Å². The Morgan fingerprint density at radius 1 is 1.12 bits per heavy atom. The van der Waals surface area contributed by atoms with E-state index in [4.69, 9.17) is 4.74 Å². The van der Waals surface area contributed by atoms with Crippen LogP contribution in [0.5, 0.6) is 11.5 Å². The smallest absolute Gasteiger partial charge is 0.342 e. The number of ketones is 1. The number of allylic oxidation sites excluding steroid dienone is 4. The largest absolute Gasteiger partial charge is 0.508 e. The van der Waals surface area contributed by atoms with Crippen LogP contribution < -0.4 is 0 Å². The third kappa shape index (κ3) is 3.76. The molecule has 1 fully saturated rings. The van der Waals surface area contributed by atoms with Crippen LogP contribution in [0.4, 0.5) is 0 Å². The summed E-state index contributed by atoms with van der Waals surface area (Å²) in [4.78, 5) is 24.8. The number of hydrogen-bond acceptors (Lipinski definition) is 5. The van der Waals surface area contributed by atoms with Crippen LogP contribution in [0.25, 0.3) is 0 Å². The number of phenols is 2. The van der Waals surface area contributed by atoms with Gasteiger partial charge in [0.2, 0.25) is 0 Å². The molecule has 0 saturated heterocycles. The number of rotatable bonds is 0. The lowest BCUT2D eigenvalue weighted by Crippen LogP contribution is -2.19. The fraction of sp³-hybridized carbons (Fsp3) is 0.400. The predicted octanol–water partition coefficient (Wildman–Crippen LogP) is 3.22. The molecule has 5 heteroatoms. The Hall–Kier alpha value is -2.56. The van der Waals surface area contributed by atoms with Gasteiger partial charge in [-0.05, 0) is 55.7 Å². The number of carbonyl (C=O) groups excluding carboxylic acids is 2. The zero-order chi connectivity index (χ0) is 18.1. The molecule has 25 heavy (non-hydrogen) atoms. The second kappa shape index (κ2) is 6.75. The topological polar surface area (TPSA) is 83.8 Å². The van der Waals surface area contributed by atoms with Gasteiger partial charge in [0.15, 0.2) is 5.78 Å². The monoisotopic (exact) mass is 342 g/mol. The molecule has 1 aromatic rings. The number of fused-ring (bicyclic) bond motifs is 2. The average Bonchev–Trinajstić information content (AvgIpc) is 3.25. The van der Waals surface area contributed by atoms with Crippen LogP contribution in [0, 0.1) is 18.8 Å². The minimum atomic E-state index is -0.662. The minimum Gasteiger partial charge on any atom is -0.508 e. The summed E-state index contributed by atoms with van der Waals surface area (Å²) in [5, 5.41) is 20.1.